The predicted molar refractivity (Wildman–Crippen MR) is 70.3 cm³/mol. The number of aryl methyl sites for hydroxylation is 1. The Morgan fingerprint density at radius 3 is 2.63 bits per heavy atom. The van der Waals surface area contributed by atoms with Crippen LogP contribution in [0, 0.1) is 17.5 Å². The molecular formula is C13H9ClF3NS. The number of benzene rings is 1. The van der Waals surface area contributed by atoms with Crippen molar-refractivity contribution in [1.82, 2.24) is 0 Å². The largest absolute Gasteiger partial charge is 0.376 e. The number of hydrogen-bond acceptors (Lipinski definition) is 2. The first-order chi connectivity index (χ1) is 9.04. The van der Waals surface area contributed by atoms with Gasteiger partial charge in [0.15, 0.2) is 11.6 Å². The van der Waals surface area contributed by atoms with E-state index >= 15 is 0 Å². The minimum atomic E-state index is -1.19. The summed E-state index contributed by atoms with van der Waals surface area (Å²) < 4.78 is 40.2. The summed E-state index contributed by atoms with van der Waals surface area (Å²) in [6.45, 7) is 0. The van der Waals surface area contributed by atoms with Gasteiger partial charge in [-0.25, -0.2) is 13.2 Å². The van der Waals surface area contributed by atoms with Gasteiger partial charge in [0, 0.05) is 17.0 Å². The predicted octanol–water partition coefficient (Wildman–Crippen LogP) is 4.92. The fourth-order valence-electron chi connectivity index (χ4n) is 2.30. The minimum absolute atomic E-state index is 0.0286. The number of hydrogen-bond donors (Lipinski definition) is 1. The molecule has 1 aliphatic carbocycles. The van der Waals surface area contributed by atoms with Gasteiger partial charge in [0.05, 0.1) is 16.1 Å². The molecule has 0 spiro atoms. The zero-order valence-electron chi connectivity index (χ0n) is 9.64. The standard InChI is InChI=1S/C13H9ClF3NS/c14-13-3-6-10(1-2-12(6)19-13)18-11-5-8(16)7(15)4-9(11)17/h3-5,10,18H,1-2H2. The Kier molecular flexibility index (Phi) is 3.19. The topological polar surface area (TPSA) is 12.0 Å². The summed E-state index contributed by atoms with van der Waals surface area (Å²) in [5.41, 5.74) is 0.984. The number of anilines is 1. The number of fused-ring (bicyclic) bond motifs is 1. The van der Waals surface area contributed by atoms with E-state index in [1.54, 1.807) is 0 Å². The highest BCUT2D eigenvalue weighted by molar-refractivity contribution is 7.16. The Hall–Kier alpha value is -1.20. The van der Waals surface area contributed by atoms with Crippen LogP contribution >= 0.6 is 22.9 Å². The molecular weight excluding hydrogens is 295 g/mol. The molecule has 0 saturated carbocycles. The first kappa shape index (κ1) is 12.8. The van der Waals surface area contributed by atoms with Crippen molar-refractivity contribution in [2.45, 2.75) is 18.9 Å². The average molecular weight is 304 g/mol. The Bertz CT molecular complexity index is 641. The Morgan fingerprint density at radius 2 is 1.84 bits per heavy atom. The Balaban J connectivity index is 1.89. The molecule has 19 heavy (non-hydrogen) atoms. The number of nitrogens with one attached hydrogen (secondary N) is 1. The monoisotopic (exact) mass is 303 g/mol. The zero-order valence-corrected chi connectivity index (χ0v) is 11.2. The zero-order chi connectivity index (χ0) is 13.6. The van der Waals surface area contributed by atoms with Crippen LogP contribution in [0.5, 0.6) is 0 Å². The molecule has 0 fully saturated rings. The van der Waals surface area contributed by atoms with Crippen LogP contribution in [0.3, 0.4) is 0 Å². The molecule has 1 nitrogen and oxygen atoms in total. The number of halogens is 4. The van der Waals surface area contributed by atoms with E-state index < -0.39 is 17.5 Å². The third kappa shape index (κ3) is 2.32. The van der Waals surface area contributed by atoms with Gasteiger partial charge in [-0.05, 0) is 24.5 Å². The van der Waals surface area contributed by atoms with E-state index in [1.165, 1.54) is 11.3 Å². The highest BCUT2D eigenvalue weighted by Crippen LogP contribution is 2.41. The second-order valence-corrected chi connectivity index (χ2v) is 6.18. The van der Waals surface area contributed by atoms with E-state index in [2.05, 4.69) is 5.32 Å². The summed E-state index contributed by atoms with van der Waals surface area (Å²) in [6.07, 6.45) is 1.65. The van der Waals surface area contributed by atoms with E-state index in [-0.39, 0.29) is 11.7 Å². The summed E-state index contributed by atoms with van der Waals surface area (Å²) in [6, 6.07) is 3.12. The summed E-state index contributed by atoms with van der Waals surface area (Å²) in [5, 5.41) is 2.91. The van der Waals surface area contributed by atoms with Crippen molar-refractivity contribution in [2.24, 2.45) is 0 Å². The van der Waals surface area contributed by atoms with Gasteiger partial charge in [0.2, 0.25) is 0 Å². The molecule has 100 valence electrons. The molecule has 0 amide bonds. The van der Waals surface area contributed by atoms with Gasteiger partial charge >= 0.3 is 0 Å². The van der Waals surface area contributed by atoms with E-state index in [0.29, 0.717) is 10.4 Å². The van der Waals surface area contributed by atoms with Crippen LogP contribution in [0.2, 0.25) is 4.34 Å². The van der Waals surface area contributed by atoms with Gasteiger partial charge in [-0.1, -0.05) is 11.6 Å². The van der Waals surface area contributed by atoms with Crippen molar-refractivity contribution in [3.63, 3.8) is 0 Å². The summed E-state index contributed by atoms with van der Waals surface area (Å²) in [7, 11) is 0. The average Bonchev–Trinajstić information content (AvgIpc) is 2.87. The molecule has 0 bridgehead atoms. The van der Waals surface area contributed by atoms with Crippen molar-refractivity contribution < 1.29 is 13.2 Å². The smallest absolute Gasteiger partial charge is 0.161 e. The lowest BCUT2D eigenvalue weighted by Gasteiger charge is -2.15. The van der Waals surface area contributed by atoms with Crippen LogP contribution in [0.4, 0.5) is 18.9 Å². The second kappa shape index (κ2) is 4.72. The van der Waals surface area contributed by atoms with E-state index in [1.807, 2.05) is 6.07 Å². The third-order valence-corrected chi connectivity index (χ3v) is 4.53. The maximum Gasteiger partial charge on any atom is 0.161 e. The molecule has 0 radical (unpaired) electrons. The maximum atomic E-state index is 13.6. The van der Waals surface area contributed by atoms with Crippen molar-refractivity contribution >= 4 is 28.6 Å². The molecule has 1 aliphatic rings. The quantitative estimate of drug-likeness (QED) is 0.777. The van der Waals surface area contributed by atoms with Crippen LogP contribution in [0.15, 0.2) is 18.2 Å². The highest BCUT2D eigenvalue weighted by atomic mass is 35.5. The van der Waals surface area contributed by atoms with Gasteiger partial charge in [-0.15, -0.1) is 11.3 Å². The third-order valence-electron chi connectivity index (χ3n) is 3.19. The van der Waals surface area contributed by atoms with Crippen LogP contribution in [-0.4, -0.2) is 0 Å². The van der Waals surface area contributed by atoms with Gasteiger partial charge < -0.3 is 5.32 Å². The van der Waals surface area contributed by atoms with Crippen LogP contribution < -0.4 is 5.32 Å². The van der Waals surface area contributed by atoms with Crippen molar-refractivity contribution in [3.05, 3.63) is 50.4 Å². The summed E-state index contributed by atoms with van der Waals surface area (Å²) in [4.78, 5) is 1.16. The summed E-state index contributed by atoms with van der Waals surface area (Å²) in [5.74, 6) is -3.05. The van der Waals surface area contributed by atoms with Crippen LogP contribution in [0.25, 0.3) is 0 Å². The van der Waals surface area contributed by atoms with Crippen LogP contribution in [-0.2, 0) is 6.42 Å². The van der Waals surface area contributed by atoms with Crippen molar-refractivity contribution in [1.29, 1.82) is 0 Å². The molecule has 1 N–H and O–H groups in total. The number of rotatable bonds is 2. The molecule has 6 heteroatoms. The molecule has 3 rings (SSSR count). The van der Waals surface area contributed by atoms with Gasteiger partial charge in [-0.3, -0.25) is 0 Å². The van der Waals surface area contributed by atoms with Crippen molar-refractivity contribution in [2.75, 3.05) is 5.32 Å². The Labute approximate surface area is 117 Å². The first-order valence-electron chi connectivity index (χ1n) is 5.74. The highest BCUT2D eigenvalue weighted by Gasteiger charge is 2.26. The maximum absolute atomic E-state index is 13.6. The molecule has 0 saturated heterocycles. The Morgan fingerprint density at radius 1 is 1.11 bits per heavy atom. The van der Waals surface area contributed by atoms with Gasteiger partial charge in [0.1, 0.15) is 5.82 Å². The minimum Gasteiger partial charge on any atom is -0.376 e. The lowest BCUT2D eigenvalue weighted by atomic mass is 10.1. The molecule has 1 aromatic heterocycles. The summed E-state index contributed by atoms with van der Waals surface area (Å²) >= 11 is 7.43. The van der Waals surface area contributed by atoms with Gasteiger partial charge in [-0.2, -0.15) is 0 Å². The fraction of sp³-hybridized carbons (Fsp3) is 0.231. The van der Waals surface area contributed by atoms with Gasteiger partial charge in [0.25, 0.3) is 0 Å². The van der Waals surface area contributed by atoms with Crippen LogP contribution in [0.1, 0.15) is 22.9 Å². The number of thiophene rings is 1. The second-order valence-electron chi connectivity index (χ2n) is 4.41. The molecule has 2 aromatic rings. The molecule has 1 atom stereocenters. The van der Waals surface area contributed by atoms with E-state index in [4.69, 9.17) is 11.6 Å². The fourth-order valence-corrected chi connectivity index (χ4v) is 3.66. The molecule has 1 unspecified atom stereocenters. The SMILES string of the molecule is Fc1cc(F)c(NC2CCc3sc(Cl)cc32)cc1F. The first-order valence-corrected chi connectivity index (χ1v) is 6.93. The lowest BCUT2D eigenvalue weighted by Crippen LogP contribution is -2.09. The molecule has 1 heterocycles. The molecule has 1 aromatic carbocycles. The molecule has 0 aliphatic heterocycles. The normalized spacial score (nSPS) is 17.6. The lowest BCUT2D eigenvalue weighted by molar-refractivity contribution is 0.495. The van der Waals surface area contributed by atoms with Crippen molar-refractivity contribution in [3.8, 4) is 0 Å². The van der Waals surface area contributed by atoms with E-state index in [0.717, 1.165) is 29.3 Å². The van der Waals surface area contributed by atoms with E-state index in [9.17, 15) is 13.2 Å².